The molecule has 1 aromatic rings. The number of carbonyl (C=O) groups is 2. The summed E-state index contributed by atoms with van der Waals surface area (Å²) in [6.07, 6.45) is 3.48. The number of aromatic nitrogens is 1. The Morgan fingerprint density at radius 3 is 2.91 bits per heavy atom. The van der Waals surface area contributed by atoms with E-state index in [1.165, 1.54) is 11.3 Å². The summed E-state index contributed by atoms with van der Waals surface area (Å²) in [6.45, 7) is 4.67. The van der Waals surface area contributed by atoms with Gasteiger partial charge in [0, 0.05) is 4.88 Å². The third-order valence-corrected chi connectivity index (χ3v) is 4.54. The Labute approximate surface area is 134 Å². The smallest absolute Gasteiger partial charge is 0.413 e. The van der Waals surface area contributed by atoms with Crippen LogP contribution in [-0.2, 0) is 27.1 Å². The number of unbranched alkanes of at least 4 members (excludes halogenated alkanes) is 1. The molecule has 6 nitrogen and oxygen atoms in total. The second-order valence-corrected chi connectivity index (χ2v) is 6.28. The molecule has 1 unspecified atom stereocenters. The van der Waals surface area contributed by atoms with E-state index in [2.05, 4.69) is 10.3 Å². The van der Waals surface area contributed by atoms with E-state index < -0.39 is 6.09 Å². The molecule has 2 rings (SSSR count). The summed E-state index contributed by atoms with van der Waals surface area (Å²) in [5.41, 5.74) is 0.967. The van der Waals surface area contributed by atoms with Crippen molar-refractivity contribution in [2.24, 2.45) is 5.92 Å². The van der Waals surface area contributed by atoms with Crippen LogP contribution in [-0.4, -0.2) is 30.3 Å². The van der Waals surface area contributed by atoms with Crippen molar-refractivity contribution in [3.05, 3.63) is 10.6 Å². The van der Waals surface area contributed by atoms with Gasteiger partial charge in [0.05, 0.1) is 24.8 Å². The van der Waals surface area contributed by atoms with E-state index in [1.807, 2.05) is 13.8 Å². The number of thiazole rings is 1. The van der Waals surface area contributed by atoms with E-state index in [0.717, 1.165) is 36.3 Å². The molecule has 1 N–H and O–H groups in total. The molecule has 0 fully saturated rings. The molecule has 1 aliphatic rings. The number of nitrogens with zero attached hydrogens (tertiary/aromatic N) is 1. The highest BCUT2D eigenvalue weighted by Crippen LogP contribution is 2.32. The first kappa shape index (κ1) is 16.7. The Morgan fingerprint density at radius 2 is 2.18 bits per heavy atom. The molecular formula is C15H22N2O4S. The van der Waals surface area contributed by atoms with E-state index >= 15 is 0 Å². The van der Waals surface area contributed by atoms with Crippen molar-refractivity contribution in [1.29, 1.82) is 0 Å². The normalized spacial score (nSPS) is 16.7. The van der Waals surface area contributed by atoms with Gasteiger partial charge < -0.3 is 9.47 Å². The van der Waals surface area contributed by atoms with Gasteiger partial charge in [0.1, 0.15) is 0 Å². The fraction of sp³-hybridized carbons (Fsp3) is 0.667. The van der Waals surface area contributed by atoms with Gasteiger partial charge in [-0.15, -0.1) is 11.3 Å². The van der Waals surface area contributed by atoms with Crippen molar-refractivity contribution in [2.75, 3.05) is 18.5 Å². The molecule has 1 aliphatic carbocycles. The number of hydrogen-bond acceptors (Lipinski definition) is 6. The summed E-state index contributed by atoms with van der Waals surface area (Å²) in [5.74, 6) is -0.243. The van der Waals surface area contributed by atoms with Gasteiger partial charge in [-0.2, -0.15) is 0 Å². The number of aryl methyl sites for hydroxylation is 1. The minimum absolute atomic E-state index is 0.0998. The predicted molar refractivity (Wildman–Crippen MR) is 84.1 cm³/mol. The Hall–Kier alpha value is -1.63. The summed E-state index contributed by atoms with van der Waals surface area (Å²) in [5, 5.41) is 3.20. The first-order chi connectivity index (χ1) is 10.6. The van der Waals surface area contributed by atoms with Crippen LogP contribution in [0.3, 0.4) is 0 Å². The summed E-state index contributed by atoms with van der Waals surface area (Å²) in [6, 6.07) is 0. The minimum Gasteiger partial charge on any atom is -0.466 e. The van der Waals surface area contributed by atoms with Crippen molar-refractivity contribution in [2.45, 2.75) is 46.0 Å². The molecule has 0 bridgehead atoms. The topological polar surface area (TPSA) is 77.5 Å². The first-order valence-corrected chi connectivity index (χ1v) is 8.54. The van der Waals surface area contributed by atoms with Crippen molar-refractivity contribution in [3.8, 4) is 0 Å². The van der Waals surface area contributed by atoms with Gasteiger partial charge in [0.2, 0.25) is 0 Å². The van der Waals surface area contributed by atoms with E-state index in [1.54, 1.807) is 0 Å². The monoisotopic (exact) mass is 326 g/mol. The molecule has 22 heavy (non-hydrogen) atoms. The molecule has 1 amide bonds. The minimum atomic E-state index is -0.471. The van der Waals surface area contributed by atoms with Crippen molar-refractivity contribution >= 4 is 28.5 Å². The van der Waals surface area contributed by atoms with Crippen LogP contribution in [0.25, 0.3) is 0 Å². The fourth-order valence-electron chi connectivity index (χ4n) is 2.32. The third kappa shape index (κ3) is 4.43. The molecule has 0 aliphatic heterocycles. The largest absolute Gasteiger partial charge is 0.466 e. The molecule has 0 radical (unpaired) electrons. The predicted octanol–water partition coefficient (Wildman–Crippen LogP) is 3.16. The lowest BCUT2D eigenvalue weighted by Gasteiger charge is -2.18. The van der Waals surface area contributed by atoms with Gasteiger partial charge in [0.15, 0.2) is 5.13 Å². The fourth-order valence-corrected chi connectivity index (χ4v) is 3.40. The van der Waals surface area contributed by atoms with Crippen LogP contribution >= 0.6 is 11.3 Å². The number of hydrogen-bond donors (Lipinski definition) is 1. The lowest BCUT2D eigenvalue weighted by atomic mass is 9.91. The number of esters is 1. The maximum Gasteiger partial charge on any atom is 0.413 e. The molecule has 1 heterocycles. The molecular weight excluding hydrogens is 304 g/mol. The summed E-state index contributed by atoms with van der Waals surface area (Å²) in [7, 11) is 0. The Bertz CT molecular complexity index is 530. The number of nitrogens with one attached hydrogen (secondary N) is 1. The summed E-state index contributed by atoms with van der Waals surface area (Å²) in [4.78, 5) is 28.9. The number of anilines is 1. The SMILES string of the molecule is CCCCOC(=O)Nc1nc2c(s1)CC(C(=O)OCC)CC2. The standard InChI is InChI=1S/C15H22N2O4S/c1-3-5-8-21-15(19)17-14-16-11-7-6-10(9-12(11)22-14)13(18)20-4-2/h10H,3-9H2,1-2H3,(H,16,17,19). The van der Waals surface area contributed by atoms with Crippen molar-refractivity contribution in [1.82, 2.24) is 4.98 Å². The van der Waals surface area contributed by atoms with Gasteiger partial charge in [-0.25, -0.2) is 9.78 Å². The lowest BCUT2D eigenvalue weighted by Crippen LogP contribution is -2.24. The van der Waals surface area contributed by atoms with Crippen LogP contribution in [0, 0.1) is 5.92 Å². The van der Waals surface area contributed by atoms with Crippen LogP contribution in [0.15, 0.2) is 0 Å². The van der Waals surface area contributed by atoms with E-state index in [4.69, 9.17) is 9.47 Å². The average Bonchev–Trinajstić information content (AvgIpc) is 2.88. The maximum absolute atomic E-state index is 11.8. The number of carbonyl (C=O) groups excluding carboxylic acids is 2. The molecule has 0 saturated heterocycles. The summed E-state index contributed by atoms with van der Waals surface area (Å²) >= 11 is 1.41. The molecule has 1 aromatic heterocycles. The van der Waals surface area contributed by atoms with Gasteiger partial charge in [0.25, 0.3) is 0 Å². The molecule has 1 atom stereocenters. The quantitative estimate of drug-likeness (QED) is 0.642. The molecule has 0 aromatic carbocycles. The zero-order valence-electron chi connectivity index (χ0n) is 13.0. The number of rotatable bonds is 6. The van der Waals surface area contributed by atoms with Gasteiger partial charge in [-0.05, 0) is 32.6 Å². The Kier molecular flexibility index (Phi) is 6.18. The number of amides is 1. The molecule has 122 valence electrons. The van der Waals surface area contributed by atoms with Crippen LogP contribution in [0.1, 0.15) is 43.7 Å². The molecule has 0 saturated carbocycles. The third-order valence-electron chi connectivity index (χ3n) is 3.50. The molecule has 7 heteroatoms. The highest BCUT2D eigenvalue weighted by atomic mass is 32.1. The first-order valence-electron chi connectivity index (χ1n) is 7.73. The van der Waals surface area contributed by atoms with E-state index in [-0.39, 0.29) is 11.9 Å². The van der Waals surface area contributed by atoms with Crippen LogP contribution < -0.4 is 5.32 Å². The van der Waals surface area contributed by atoms with Crippen molar-refractivity contribution in [3.63, 3.8) is 0 Å². The van der Waals surface area contributed by atoms with Crippen molar-refractivity contribution < 1.29 is 19.1 Å². The number of fused-ring (bicyclic) bond motifs is 1. The van der Waals surface area contributed by atoms with Gasteiger partial charge in [-0.1, -0.05) is 13.3 Å². The van der Waals surface area contributed by atoms with Gasteiger partial charge in [-0.3, -0.25) is 10.1 Å². The second kappa shape index (κ2) is 8.12. The highest BCUT2D eigenvalue weighted by Gasteiger charge is 2.28. The Morgan fingerprint density at radius 1 is 1.36 bits per heavy atom. The van der Waals surface area contributed by atoms with Gasteiger partial charge >= 0.3 is 12.1 Å². The second-order valence-electron chi connectivity index (χ2n) is 5.20. The number of ether oxygens (including phenoxy) is 2. The lowest BCUT2D eigenvalue weighted by molar-refractivity contribution is -0.148. The van der Waals surface area contributed by atoms with Crippen LogP contribution in [0.5, 0.6) is 0 Å². The Balaban J connectivity index is 1.90. The maximum atomic E-state index is 11.8. The zero-order chi connectivity index (χ0) is 15.9. The molecule has 0 spiro atoms. The van der Waals surface area contributed by atoms with E-state index in [0.29, 0.717) is 24.8 Å². The van der Waals surface area contributed by atoms with Crippen LogP contribution in [0.2, 0.25) is 0 Å². The average molecular weight is 326 g/mol. The van der Waals surface area contributed by atoms with E-state index in [9.17, 15) is 9.59 Å². The summed E-state index contributed by atoms with van der Waals surface area (Å²) < 4.78 is 10.1. The highest BCUT2D eigenvalue weighted by molar-refractivity contribution is 7.15. The van der Waals surface area contributed by atoms with Crippen LogP contribution in [0.4, 0.5) is 9.93 Å². The zero-order valence-corrected chi connectivity index (χ0v) is 13.8.